The molecule has 1 aliphatic carbocycles. The van der Waals surface area contributed by atoms with Gasteiger partial charge in [0.15, 0.2) is 0 Å². The molecule has 2 atom stereocenters. The molecule has 1 saturated carbocycles. The minimum absolute atomic E-state index is 0.223. The summed E-state index contributed by atoms with van der Waals surface area (Å²) in [5.74, 6) is 1.10. The molecule has 0 aromatic heterocycles. The second-order valence-corrected chi connectivity index (χ2v) is 6.72. The Morgan fingerprint density at radius 3 is 2.67 bits per heavy atom. The fraction of sp³-hybridized carbons (Fsp3) is 0.667. The molecule has 1 aromatic carbocycles. The minimum Gasteiger partial charge on any atom is -0.316 e. The number of nitrogens with one attached hydrogen (secondary N) is 1. The molecule has 1 aromatic rings. The Kier molecular flexibility index (Phi) is 6.98. The zero-order valence-corrected chi connectivity index (χ0v) is 13.8. The van der Waals surface area contributed by atoms with Crippen LogP contribution in [-0.4, -0.2) is 13.1 Å². The highest BCUT2D eigenvalue weighted by molar-refractivity contribution is 6.30. The lowest BCUT2D eigenvalue weighted by Gasteiger charge is -2.26. The van der Waals surface area contributed by atoms with Gasteiger partial charge in [0.05, 0.1) is 5.02 Å². The molecule has 0 aliphatic heterocycles. The molecule has 0 amide bonds. The van der Waals surface area contributed by atoms with Crippen molar-refractivity contribution in [2.75, 3.05) is 13.1 Å². The molecule has 118 valence electrons. The molecule has 1 fully saturated rings. The first-order chi connectivity index (χ1) is 10.2. The van der Waals surface area contributed by atoms with E-state index >= 15 is 0 Å². The Bertz CT molecular complexity index is 435. The third kappa shape index (κ3) is 5.27. The van der Waals surface area contributed by atoms with E-state index in [1.165, 1.54) is 38.5 Å². The number of hydrogen-bond donors (Lipinski definition) is 1. The lowest BCUT2D eigenvalue weighted by Crippen LogP contribution is -2.29. The van der Waals surface area contributed by atoms with Gasteiger partial charge in [0.25, 0.3) is 0 Å². The normalized spacial score (nSPS) is 23.0. The fourth-order valence-corrected chi connectivity index (χ4v) is 3.55. The third-order valence-electron chi connectivity index (χ3n) is 4.63. The highest BCUT2D eigenvalue weighted by Gasteiger charge is 2.23. The van der Waals surface area contributed by atoms with Crippen molar-refractivity contribution in [3.8, 4) is 0 Å². The predicted molar refractivity (Wildman–Crippen MR) is 88.3 cm³/mol. The molecule has 1 nitrogen and oxygen atoms in total. The maximum atomic E-state index is 13.6. The summed E-state index contributed by atoms with van der Waals surface area (Å²) in [6.07, 6.45) is 8.72. The highest BCUT2D eigenvalue weighted by Crippen LogP contribution is 2.31. The van der Waals surface area contributed by atoms with Gasteiger partial charge in [-0.2, -0.15) is 0 Å². The van der Waals surface area contributed by atoms with Gasteiger partial charge >= 0.3 is 0 Å². The zero-order chi connectivity index (χ0) is 15.1. The molecule has 2 rings (SSSR count). The van der Waals surface area contributed by atoms with Gasteiger partial charge in [-0.1, -0.05) is 43.9 Å². The summed E-state index contributed by atoms with van der Waals surface area (Å²) in [5.41, 5.74) is 1.09. The van der Waals surface area contributed by atoms with E-state index in [2.05, 4.69) is 12.2 Å². The van der Waals surface area contributed by atoms with Crippen molar-refractivity contribution in [1.82, 2.24) is 5.32 Å². The second kappa shape index (κ2) is 8.75. The third-order valence-corrected chi connectivity index (χ3v) is 4.94. The summed E-state index contributed by atoms with van der Waals surface area (Å²) in [6, 6.07) is 5.28. The first-order valence-corrected chi connectivity index (χ1v) is 8.73. The Morgan fingerprint density at radius 1 is 1.19 bits per heavy atom. The van der Waals surface area contributed by atoms with Crippen molar-refractivity contribution in [3.05, 3.63) is 34.6 Å². The van der Waals surface area contributed by atoms with E-state index < -0.39 is 0 Å². The van der Waals surface area contributed by atoms with E-state index in [1.807, 2.05) is 6.07 Å². The summed E-state index contributed by atoms with van der Waals surface area (Å²) >= 11 is 5.78. The molecule has 0 bridgehead atoms. The van der Waals surface area contributed by atoms with Crippen LogP contribution in [0.15, 0.2) is 18.2 Å². The van der Waals surface area contributed by atoms with E-state index in [0.717, 1.165) is 31.0 Å². The average molecular weight is 312 g/mol. The van der Waals surface area contributed by atoms with Crippen molar-refractivity contribution < 1.29 is 4.39 Å². The highest BCUT2D eigenvalue weighted by atomic mass is 35.5. The van der Waals surface area contributed by atoms with Crippen molar-refractivity contribution >= 4 is 11.6 Å². The summed E-state index contributed by atoms with van der Waals surface area (Å²) in [6.45, 7) is 4.40. The van der Waals surface area contributed by atoms with Crippen LogP contribution >= 0.6 is 11.6 Å². The van der Waals surface area contributed by atoms with Crippen LogP contribution in [0.4, 0.5) is 4.39 Å². The van der Waals surface area contributed by atoms with Crippen molar-refractivity contribution in [2.45, 2.75) is 51.9 Å². The largest absolute Gasteiger partial charge is 0.316 e. The van der Waals surface area contributed by atoms with E-state index in [0.29, 0.717) is 5.92 Å². The molecule has 0 heterocycles. The van der Waals surface area contributed by atoms with Crippen LogP contribution in [0.3, 0.4) is 0 Å². The lowest BCUT2D eigenvalue weighted by atomic mass is 9.83. The Labute approximate surface area is 133 Å². The molecule has 3 heteroatoms. The minimum atomic E-state index is -0.288. The first kappa shape index (κ1) is 16.8. The molecular weight excluding hydrogens is 285 g/mol. The van der Waals surface area contributed by atoms with Crippen LogP contribution in [0, 0.1) is 17.7 Å². The Hall–Kier alpha value is -0.600. The van der Waals surface area contributed by atoms with Crippen LogP contribution in [0.5, 0.6) is 0 Å². The molecule has 2 unspecified atom stereocenters. The van der Waals surface area contributed by atoms with Crippen LogP contribution in [-0.2, 0) is 6.42 Å². The SMILES string of the molecule is CCCNCC1CCCCCC1Cc1ccc(Cl)c(F)c1. The Morgan fingerprint density at radius 2 is 1.95 bits per heavy atom. The smallest absolute Gasteiger partial charge is 0.142 e. The van der Waals surface area contributed by atoms with Crippen LogP contribution < -0.4 is 5.32 Å². The molecule has 21 heavy (non-hydrogen) atoms. The molecule has 1 aliphatic rings. The molecule has 0 saturated heterocycles. The van der Waals surface area contributed by atoms with Gasteiger partial charge in [-0.05, 0) is 68.3 Å². The monoisotopic (exact) mass is 311 g/mol. The predicted octanol–water partition coefficient (Wildman–Crippen LogP) is 5.22. The van der Waals surface area contributed by atoms with E-state index in [9.17, 15) is 4.39 Å². The van der Waals surface area contributed by atoms with E-state index in [4.69, 9.17) is 11.6 Å². The van der Waals surface area contributed by atoms with Crippen LogP contribution in [0.1, 0.15) is 51.0 Å². The van der Waals surface area contributed by atoms with Crippen LogP contribution in [0.2, 0.25) is 5.02 Å². The molecule has 1 N–H and O–H groups in total. The topological polar surface area (TPSA) is 12.0 Å². The quantitative estimate of drug-likeness (QED) is 0.561. The maximum Gasteiger partial charge on any atom is 0.142 e. The molecule has 0 spiro atoms. The van der Waals surface area contributed by atoms with E-state index in [-0.39, 0.29) is 10.8 Å². The van der Waals surface area contributed by atoms with Gasteiger partial charge in [-0.3, -0.25) is 0 Å². The molecular formula is C18H27ClFN. The zero-order valence-electron chi connectivity index (χ0n) is 13.0. The lowest BCUT2D eigenvalue weighted by molar-refractivity contribution is 0.298. The number of hydrogen-bond acceptors (Lipinski definition) is 1. The van der Waals surface area contributed by atoms with Crippen LogP contribution in [0.25, 0.3) is 0 Å². The van der Waals surface area contributed by atoms with Gasteiger partial charge in [0, 0.05) is 0 Å². The van der Waals surface area contributed by atoms with Crippen molar-refractivity contribution in [3.63, 3.8) is 0 Å². The number of halogens is 2. The summed E-state index contributed by atoms with van der Waals surface area (Å²) in [5, 5.41) is 3.80. The van der Waals surface area contributed by atoms with Gasteiger partial charge in [-0.15, -0.1) is 0 Å². The average Bonchev–Trinajstić information content (AvgIpc) is 2.69. The van der Waals surface area contributed by atoms with Gasteiger partial charge in [0.1, 0.15) is 5.82 Å². The number of rotatable bonds is 6. The van der Waals surface area contributed by atoms with Gasteiger partial charge in [0.2, 0.25) is 0 Å². The molecule has 0 radical (unpaired) electrons. The standard InChI is InChI=1S/C18H27ClFN/c1-2-10-21-13-16-7-5-3-4-6-15(16)11-14-8-9-17(19)18(20)12-14/h8-9,12,15-16,21H,2-7,10-11,13H2,1H3. The van der Waals surface area contributed by atoms with Gasteiger partial charge < -0.3 is 5.32 Å². The van der Waals surface area contributed by atoms with Gasteiger partial charge in [-0.25, -0.2) is 4.39 Å². The summed E-state index contributed by atoms with van der Waals surface area (Å²) < 4.78 is 13.6. The van der Waals surface area contributed by atoms with Crippen molar-refractivity contribution in [2.24, 2.45) is 11.8 Å². The summed E-state index contributed by atoms with van der Waals surface area (Å²) in [4.78, 5) is 0. The first-order valence-electron chi connectivity index (χ1n) is 8.35. The van der Waals surface area contributed by atoms with Crippen molar-refractivity contribution in [1.29, 1.82) is 0 Å². The fourth-order valence-electron chi connectivity index (χ4n) is 3.43. The second-order valence-electron chi connectivity index (χ2n) is 6.31. The summed E-state index contributed by atoms with van der Waals surface area (Å²) in [7, 11) is 0. The van der Waals surface area contributed by atoms with E-state index in [1.54, 1.807) is 12.1 Å². The number of benzene rings is 1. The Balaban J connectivity index is 1.99. The maximum absolute atomic E-state index is 13.6.